The summed E-state index contributed by atoms with van der Waals surface area (Å²) >= 11 is 0. The molecule has 2 aromatic carbocycles. The van der Waals surface area contributed by atoms with E-state index in [0.29, 0.717) is 24.3 Å². The second-order valence-corrected chi connectivity index (χ2v) is 6.95. The van der Waals surface area contributed by atoms with E-state index in [1.807, 2.05) is 30.3 Å². The van der Waals surface area contributed by atoms with Crippen LogP contribution in [0.2, 0.25) is 0 Å². The van der Waals surface area contributed by atoms with Crippen LogP contribution in [-0.4, -0.2) is 33.8 Å². The average molecular weight is 380 g/mol. The molecule has 3 amide bonds. The Kier molecular flexibility index (Phi) is 4.83. The van der Waals surface area contributed by atoms with Gasteiger partial charge in [0.05, 0.1) is 13.2 Å². The molecule has 7 nitrogen and oxygen atoms in total. The van der Waals surface area contributed by atoms with Gasteiger partial charge in [0.15, 0.2) is 0 Å². The van der Waals surface area contributed by atoms with E-state index < -0.39 is 11.9 Å². The lowest BCUT2D eigenvalue weighted by Gasteiger charge is -2.29. The van der Waals surface area contributed by atoms with Gasteiger partial charge in [-0.15, -0.1) is 0 Å². The molecule has 2 heterocycles. The standard InChI is InChI=1S/C21H20N2O5/c24-11-13-4-6-14(7-5-13)12-28-18-3-1-2-15-16(18)10-23(21(15)27)17-8-9-19(25)22-20(17)26/h1-7,17,24H,8-12H2,(H,22,25,26). The summed E-state index contributed by atoms with van der Waals surface area (Å²) in [6, 6.07) is 12.1. The molecule has 28 heavy (non-hydrogen) atoms. The molecule has 7 heteroatoms. The maximum Gasteiger partial charge on any atom is 0.255 e. The van der Waals surface area contributed by atoms with Crippen molar-refractivity contribution >= 4 is 17.7 Å². The number of hydrogen-bond acceptors (Lipinski definition) is 5. The first-order valence-corrected chi connectivity index (χ1v) is 9.15. The Labute approximate surface area is 161 Å². The number of fused-ring (bicyclic) bond motifs is 1. The number of amides is 3. The van der Waals surface area contributed by atoms with E-state index in [1.165, 1.54) is 4.90 Å². The summed E-state index contributed by atoms with van der Waals surface area (Å²) in [6.07, 6.45) is 0.557. The number of aliphatic hydroxyl groups is 1. The summed E-state index contributed by atoms with van der Waals surface area (Å²) in [5.41, 5.74) is 3.05. The number of nitrogens with one attached hydrogen (secondary N) is 1. The zero-order valence-electron chi connectivity index (χ0n) is 15.2. The van der Waals surface area contributed by atoms with Crippen LogP contribution in [0.5, 0.6) is 5.75 Å². The van der Waals surface area contributed by atoms with Crippen LogP contribution >= 0.6 is 0 Å². The van der Waals surface area contributed by atoms with Gasteiger partial charge in [0, 0.05) is 17.5 Å². The fourth-order valence-corrected chi connectivity index (χ4v) is 3.59. The molecular weight excluding hydrogens is 360 g/mol. The van der Waals surface area contributed by atoms with Gasteiger partial charge in [-0.1, -0.05) is 30.3 Å². The van der Waals surface area contributed by atoms with Gasteiger partial charge < -0.3 is 14.7 Å². The Hall–Kier alpha value is -3.19. The highest BCUT2D eigenvalue weighted by Crippen LogP contribution is 2.33. The van der Waals surface area contributed by atoms with Crippen LogP contribution in [0.1, 0.15) is 39.9 Å². The fraction of sp³-hybridized carbons (Fsp3) is 0.286. The van der Waals surface area contributed by atoms with Gasteiger partial charge in [-0.2, -0.15) is 0 Å². The van der Waals surface area contributed by atoms with Crippen LogP contribution in [0.3, 0.4) is 0 Å². The summed E-state index contributed by atoms with van der Waals surface area (Å²) in [5, 5.41) is 11.4. The SMILES string of the molecule is O=C1CCC(N2Cc3c(OCc4ccc(CO)cc4)cccc3C2=O)C(=O)N1. The Balaban J connectivity index is 1.50. The van der Waals surface area contributed by atoms with Gasteiger partial charge in [-0.25, -0.2) is 0 Å². The van der Waals surface area contributed by atoms with Crippen LogP contribution in [0.25, 0.3) is 0 Å². The predicted molar refractivity (Wildman–Crippen MR) is 99.2 cm³/mol. The number of benzene rings is 2. The first-order chi connectivity index (χ1) is 13.6. The normalized spacial score (nSPS) is 18.8. The third-order valence-corrected chi connectivity index (χ3v) is 5.14. The Morgan fingerprint density at radius 2 is 1.82 bits per heavy atom. The molecule has 1 unspecified atom stereocenters. The minimum absolute atomic E-state index is 0.00832. The van der Waals surface area contributed by atoms with E-state index in [2.05, 4.69) is 5.32 Å². The van der Waals surface area contributed by atoms with Crippen molar-refractivity contribution in [3.05, 3.63) is 64.7 Å². The molecule has 2 aliphatic rings. The van der Waals surface area contributed by atoms with E-state index in [-0.39, 0.29) is 31.4 Å². The van der Waals surface area contributed by atoms with Gasteiger partial charge in [0.25, 0.3) is 5.91 Å². The smallest absolute Gasteiger partial charge is 0.255 e. The van der Waals surface area contributed by atoms with E-state index in [4.69, 9.17) is 9.84 Å². The molecule has 0 aliphatic carbocycles. The van der Waals surface area contributed by atoms with Gasteiger partial charge in [0.2, 0.25) is 11.8 Å². The lowest BCUT2D eigenvalue weighted by atomic mass is 10.0. The summed E-state index contributed by atoms with van der Waals surface area (Å²) in [5.74, 6) is -0.348. The van der Waals surface area contributed by atoms with Crippen LogP contribution in [0.15, 0.2) is 42.5 Å². The highest BCUT2D eigenvalue weighted by molar-refractivity contribution is 6.05. The molecule has 2 aliphatic heterocycles. The second kappa shape index (κ2) is 7.44. The summed E-state index contributed by atoms with van der Waals surface area (Å²) < 4.78 is 5.94. The third kappa shape index (κ3) is 3.36. The first kappa shape index (κ1) is 18.2. The minimum Gasteiger partial charge on any atom is -0.489 e. The van der Waals surface area contributed by atoms with Crippen molar-refractivity contribution in [2.45, 2.75) is 38.6 Å². The molecule has 0 aromatic heterocycles. The molecule has 0 bridgehead atoms. The zero-order chi connectivity index (χ0) is 19.7. The van der Waals surface area contributed by atoms with Crippen molar-refractivity contribution in [3.63, 3.8) is 0 Å². The maximum absolute atomic E-state index is 12.8. The number of nitrogens with zero attached hydrogens (tertiary/aromatic N) is 1. The molecule has 144 valence electrons. The highest BCUT2D eigenvalue weighted by atomic mass is 16.5. The summed E-state index contributed by atoms with van der Waals surface area (Å²) in [7, 11) is 0. The average Bonchev–Trinajstić information content (AvgIpc) is 3.04. The molecule has 2 aromatic rings. The number of piperidine rings is 1. The van der Waals surface area contributed by atoms with Crippen LogP contribution < -0.4 is 10.1 Å². The molecule has 1 fully saturated rings. The molecule has 1 atom stereocenters. The van der Waals surface area contributed by atoms with Crippen molar-refractivity contribution in [2.24, 2.45) is 0 Å². The maximum atomic E-state index is 12.8. The second-order valence-electron chi connectivity index (χ2n) is 6.95. The third-order valence-electron chi connectivity index (χ3n) is 5.14. The first-order valence-electron chi connectivity index (χ1n) is 9.15. The highest BCUT2D eigenvalue weighted by Gasteiger charge is 2.40. The molecule has 0 spiro atoms. The number of carbonyl (C=O) groups is 3. The lowest BCUT2D eigenvalue weighted by molar-refractivity contribution is -0.136. The zero-order valence-corrected chi connectivity index (χ0v) is 15.2. The molecule has 2 N–H and O–H groups in total. The molecule has 0 saturated carbocycles. The van der Waals surface area contributed by atoms with Crippen molar-refractivity contribution in [1.82, 2.24) is 10.2 Å². The fourth-order valence-electron chi connectivity index (χ4n) is 3.59. The lowest BCUT2D eigenvalue weighted by Crippen LogP contribution is -2.52. The van der Waals surface area contributed by atoms with E-state index in [1.54, 1.807) is 12.1 Å². The molecule has 4 rings (SSSR count). The van der Waals surface area contributed by atoms with Crippen molar-refractivity contribution in [3.8, 4) is 5.75 Å². The number of imide groups is 1. The molecule has 1 saturated heterocycles. The van der Waals surface area contributed by atoms with Crippen LogP contribution in [0, 0.1) is 0 Å². The van der Waals surface area contributed by atoms with Crippen molar-refractivity contribution in [2.75, 3.05) is 0 Å². The van der Waals surface area contributed by atoms with Gasteiger partial charge in [-0.05, 0) is 29.7 Å². The Bertz CT molecular complexity index is 938. The Morgan fingerprint density at radius 1 is 1.07 bits per heavy atom. The van der Waals surface area contributed by atoms with Crippen molar-refractivity contribution in [1.29, 1.82) is 0 Å². The molecule has 0 radical (unpaired) electrons. The summed E-state index contributed by atoms with van der Waals surface area (Å²) in [4.78, 5) is 37.9. The molecular formula is C21H20N2O5. The van der Waals surface area contributed by atoms with Gasteiger partial charge in [-0.3, -0.25) is 19.7 Å². The van der Waals surface area contributed by atoms with E-state index in [9.17, 15) is 14.4 Å². The largest absolute Gasteiger partial charge is 0.489 e. The van der Waals surface area contributed by atoms with Gasteiger partial charge >= 0.3 is 0 Å². The number of carbonyl (C=O) groups excluding carboxylic acids is 3. The summed E-state index contributed by atoms with van der Waals surface area (Å²) in [6.45, 7) is 0.598. The number of hydrogen-bond donors (Lipinski definition) is 2. The topological polar surface area (TPSA) is 95.9 Å². The Morgan fingerprint density at radius 3 is 2.54 bits per heavy atom. The predicted octanol–water partition coefficient (Wildman–Crippen LogP) is 1.52. The van der Waals surface area contributed by atoms with Crippen LogP contribution in [0.4, 0.5) is 0 Å². The van der Waals surface area contributed by atoms with Crippen molar-refractivity contribution < 1.29 is 24.2 Å². The van der Waals surface area contributed by atoms with E-state index >= 15 is 0 Å². The number of ether oxygens (including phenoxy) is 1. The quantitative estimate of drug-likeness (QED) is 0.767. The van der Waals surface area contributed by atoms with Crippen LogP contribution in [-0.2, 0) is 29.3 Å². The number of aliphatic hydroxyl groups excluding tert-OH is 1. The monoisotopic (exact) mass is 380 g/mol. The minimum atomic E-state index is -0.642. The van der Waals surface area contributed by atoms with Gasteiger partial charge in [0.1, 0.15) is 18.4 Å². The van der Waals surface area contributed by atoms with E-state index in [0.717, 1.165) is 16.7 Å². The number of rotatable bonds is 5.